The van der Waals surface area contributed by atoms with E-state index < -0.39 is 22.9 Å². The summed E-state index contributed by atoms with van der Waals surface area (Å²) in [6.45, 7) is 0.974. The van der Waals surface area contributed by atoms with Gasteiger partial charge < -0.3 is 9.47 Å². The van der Waals surface area contributed by atoms with Gasteiger partial charge in [-0.3, -0.25) is 9.59 Å². The van der Waals surface area contributed by atoms with E-state index in [2.05, 4.69) is 9.97 Å². The maximum Gasteiger partial charge on any atom is 0.210 e. The molecule has 2 spiro atoms. The third-order valence-corrected chi connectivity index (χ3v) is 6.31. The molecule has 1 aromatic rings. The molecule has 3 fully saturated rings. The highest BCUT2D eigenvalue weighted by atomic mass is 35.5. The van der Waals surface area contributed by atoms with Gasteiger partial charge in [0.1, 0.15) is 10.3 Å². The molecular formula is C18H20Cl2N2O4. The van der Waals surface area contributed by atoms with Crippen LogP contribution >= 0.6 is 23.2 Å². The second kappa shape index (κ2) is 6.82. The van der Waals surface area contributed by atoms with Gasteiger partial charge >= 0.3 is 0 Å². The van der Waals surface area contributed by atoms with Gasteiger partial charge in [-0.15, -0.1) is 0 Å². The maximum absolute atomic E-state index is 13.5. The van der Waals surface area contributed by atoms with Crippen molar-refractivity contribution in [2.24, 2.45) is 11.3 Å². The van der Waals surface area contributed by atoms with Crippen molar-refractivity contribution < 1.29 is 19.1 Å². The van der Waals surface area contributed by atoms with Crippen LogP contribution in [0, 0.1) is 11.3 Å². The minimum Gasteiger partial charge on any atom is -0.346 e. The number of Topliss-reactive ketones (excluding diaryl/α,β-unsaturated/α-hetero) is 2. The number of hydrogen-bond acceptors (Lipinski definition) is 6. The molecule has 26 heavy (non-hydrogen) atoms. The summed E-state index contributed by atoms with van der Waals surface area (Å²) in [5.41, 5.74) is -0.761. The van der Waals surface area contributed by atoms with Crippen LogP contribution in [0.15, 0.2) is 6.07 Å². The van der Waals surface area contributed by atoms with E-state index in [9.17, 15) is 9.59 Å². The Morgan fingerprint density at radius 3 is 2.35 bits per heavy atom. The summed E-state index contributed by atoms with van der Waals surface area (Å²) in [6.07, 6.45) is 5.19. The largest absolute Gasteiger partial charge is 0.346 e. The summed E-state index contributed by atoms with van der Waals surface area (Å²) in [5.74, 6) is -2.31. The fourth-order valence-corrected chi connectivity index (χ4v) is 5.24. The van der Waals surface area contributed by atoms with Gasteiger partial charge in [0.05, 0.1) is 24.5 Å². The number of carbonyl (C=O) groups is 2. The number of hydrogen-bond donors (Lipinski definition) is 0. The van der Waals surface area contributed by atoms with Crippen LogP contribution in [0.1, 0.15) is 55.6 Å². The van der Waals surface area contributed by atoms with Crippen LogP contribution in [0.4, 0.5) is 0 Å². The quantitative estimate of drug-likeness (QED) is 0.429. The molecule has 2 atom stereocenters. The third-order valence-electron chi connectivity index (χ3n) is 5.93. The number of aromatic nitrogens is 2. The molecule has 140 valence electrons. The average Bonchev–Trinajstić information content (AvgIpc) is 3.08. The van der Waals surface area contributed by atoms with E-state index in [-0.39, 0.29) is 21.9 Å². The van der Waals surface area contributed by atoms with Crippen molar-refractivity contribution in [3.05, 3.63) is 22.2 Å². The highest BCUT2D eigenvalue weighted by Crippen LogP contribution is 2.56. The fraction of sp³-hybridized carbons (Fsp3) is 0.667. The van der Waals surface area contributed by atoms with Gasteiger partial charge in [-0.1, -0.05) is 36.0 Å². The molecule has 3 aliphatic rings. The lowest BCUT2D eigenvalue weighted by Crippen LogP contribution is -2.60. The molecule has 2 saturated carbocycles. The smallest absolute Gasteiger partial charge is 0.210 e. The molecule has 8 heteroatoms. The molecule has 0 N–H and O–H groups in total. The van der Waals surface area contributed by atoms with Crippen LogP contribution in [-0.2, 0) is 14.3 Å². The van der Waals surface area contributed by atoms with Crippen molar-refractivity contribution >= 4 is 34.8 Å². The van der Waals surface area contributed by atoms with Crippen molar-refractivity contribution in [2.75, 3.05) is 13.2 Å². The normalized spacial score (nSPS) is 30.8. The van der Waals surface area contributed by atoms with Crippen molar-refractivity contribution in [1.82, 2.24) is 9.97 Å². The van der Waals surface area contributed by atoms with Crippen LogP contribution in [0.2, 0.25) is 10.3 Å². The fourth-order valence-electron chi connectivity index (χ4n) is 4.82. The van der Waals surface area contributed by atoms with Crippen molar-refractivity contribution in [1.29, 1.82) is 0 Å². The second-order valence-corrected chi connectivity index (χ2v) is 8.02. The Kier molecular flexibility index (Phi) is 4.80. The first-order chi connectivity index (χ1) is 12.5. The summed E-state index contributed by atoms with van der Waals surface area (Å²) >= 11 is 11.8. The van der Waals surface area contributed by atoms with Crippen LogP contribution < -0.4 is 0 Å². The molecule has 0 radical (unpaired) electrons. The highest BCUT2D eigenvalue weighted by molar-refractivity contribution is 6.33. The molecule has 0 aromatic carbocycles. The number of ether oxygens (including phenoxy) is 2. The van der Waals surface area contributed by atoms with Crippen molar-refractivity contribution in [3.63, 3.8) is 0 Å². The predicted octanol–water partition coefficient (Wildman–Crippen LogP) is 3.64. The molecule has 1 aromatic heterocycles. The standard InChI is InChI=1S/C18H20Cl2N2O4/c19-12-10-13(20)22-16(21-12)14(23)11-4-3-6-17(15(11)24)5-1-2-7-18(17)25-8-9-26-18/h10-11H,1-9H2/t11-,17-/m0/s1. The Balaban J connectivity index is 1.68. The van der Waals surface area contributed by atoms with Crippen LogP contribution in [0.5, 0.6) is 0 Å². The molecule has 0 bridgehead atoms. The van der Waals surface area contributed by atoms with E-state index in [1.54, 1.807) is 0 Å². The summed E-state index contributed by atoms with van der Waals surface area (Å²) in [7, 11) is 0. The molecule has 0 unspecified atom stereocenters. The molecular weight excluding hydrogens is 379 g/mol. The SMILES string of the molecule is O=C(c1nc(Cl)cc(Cl)n1)[C@@H]1CCC[C@@]2(CCCCC23OCCO3)C1=O. The molecule has 2 heterocycles. The number of fused-ring (bicyclic) bond motifs is 1. The van der Waals surface area contributed by atoms with E-state index in [1.807, 2.05) is 0 Å². The summed E-state index contributed by atoms with van der Waals surface area (Å²) in [4.78, 5) is 34.5. The Hall–Kier alpha value is -1.08. The zero-order valence-electron chi connectivity index (χ0n) is 14.3. The van der Waals surface area contributed by atoms with Crippen LogP contribution in [-0.4, -0.2) is 40.5 Å². The number of ketones is 2. The summed E-state index contributed by atoms with van der Waals surface area (Å²) in [5, 5.41) is 0.172. The van der Waals surface area contributed by atoms with E-state index >= 15 is 0 Å². The number of carbonyl (C=O) groups excluding carboxylic acids is 2. The minimum atomic E-state index is -0.881. The van der Waals surface area contributed by atoms with Gasteiger partial charge in [-0.25, -0.2) is 9.97 Å². The topological polar surface area (TPSA) is 78.4 Å². The van der Waals surface area contributed by atoms with Gasteiger partial charge in [-0.2, -0.15) is 0 Å². The number of rotatable bonds is 2. The van der Waals surface area contributed by atoms with Crippen molar-refractivity contribution in [3.8, 4) is 0 Å². The lowest BCUT2D eigenvalue weighted by atomic mass is 9.57. The summed E-state index contributed by atoms with van der Waals surface area (Å²) in [6, 6.07) is 1.36. The zero-order valence-corrected chi connectivity index (χ0v) is 15.8. The molecule has 4 rings (SSSR count). The molecule has 6 nitrogen and oxygen atoms in total. The van der Waals surface area contributed by atoms with Crippen LogP contribution in [0.3, 0.4) is 0 Å². The minimum absolute atomic E-state index is 0.0860. The Morgan fingerprint density at radius 2 is 1.65 bits per heavy atom. The van der Waals surface area contributed by atoms with E-state index in [0.29, 0.717) is 38.9 Å². The van der Waals surface area contributed by atoms with Gasteiger partial charge in [0.15, 0.2) is 17.4 Å². The van der Waals surface area contributed by atoms with E-state index in [1.165, 1.54) is 6.07 Å². The Bertz CT molecular complexity index is 726. The lowest BCUT2D eigenvalue weighted by molar-refractivity contribution is -0.255. The summed E-state index contributed by atoms with van der Waals surface area (Å²) < 4.78 is 12.0. The van der Waals surface area contributed by atoms with E-state index in [4.69, 9.17) is 32.7 Å². The monoisotopic (exact) mass is 398 g/mol. The van der Waals surface area contributed by atoms with Crippen LogP contribution in [0.25, 0.3) is 0 Å². The van der Waals surface area contributed by atoms with Gasteiger partial charge in [-0.05, 0) is 25.7 Å². The first-order valence-corrected chi connectivity index (χ1v) is 9.80. The number of nitrogens with zero attached hydrogens (tertiary/aromatic N) is 2. The third kappa shape index (κ3) is 2.78. The van der Waals surface area contributed by atoms with Crippen molar-refractivity contribution in [2.45, 2.75) is 50.7 Å². The first-order valence-electron chi connectivity index (χ1n) is 9.04. The second-order valence-electron chi connectivity index (χ2n) is 7.25. The maximum atomic E-state index is 13.5. The Morgan fingerprint density at radius 1 is 1.04 bits per heavy atom. The van der Waals surface area contributed by atoms with E-state index in [0.717, 1.165) is 19.3 Å². The first kappa shape index (κ1) is 18.3. The molecule has 1 saturated heterocycles. The predicted molar refractivity (Wildman–Crippen MR) is 94.3 cm³/mol. The number of halogens is 2. The van der Waals surface area contributed by atoms with Gasteiger partial charge in [0.2, 0.25) is 5.78 Å². The highest BCUT2D eigenvalue weighted by Gasteiger charge is 2.63. The molecule has 2 aliphatic carbocycles. The zero-order chi connectivity index (χ0) is 18.4. The Labute approximate surface area is 161 Å². The van der Waals surface area contributed by atoms with Gasteiger partial charge in [0.25, 0.3) is 0 Å². The lowest BCUT2D eigenvalue weighted by Gasteiger charge is -2.51. The molecule has 0 amide bonds. The average molecular weight is 399 g/mol. The van der Waals surface area contributed by atoms with Gasteiger partial charge in [0, 0.05) is 12.5 Å². The molecule has 1 aliphatic heterocycles.